The molecular weight excluding hydrogens is 172 g/mol. The number of nitrogens with two attached hydrogens (primary N) is 1. The van der Waals surface area contributed by atoms with Crippen molar-refractivity contribution < 1.29 is 13.9 Å². The number of hydrogen-bond acceptors (Lipinski definition) is 5. The fourth-order valence-corrected chi connectivity index (χ4v) is 0.885. The number of hydrogen-bond donors (Lipinski definition) is 1. The van der Waals surface area contributed by atoms with Crippen molar-refractivity contribution in [3.8, 4) is 0 Å². The number of rotatable bonds is 6. The lowest BCUT2D eigenvalue weighted by atomic mass is 10.3. The first-order valence-electron chi connectivity index (χ1n) is 4.06. The van der Waals surface area contributed by atoms with E-state index in [4.69, 9.17) is 19.6 Å². The largest absolute Gasteiger partial charge is 0.446 e. The van der Waals surface area contributed by atoms with E-state index >= 15 is 0 Å². The third-order valence-electron chi connectivity index (χ3n) is 1.58. The van der Waals surface area contributed by atoms with Crippen molar-refractivity contribution in [3.63, 3.8) is 0 Å². The fraction of sp³-hybridized carbons (Fsp3) is 0.625. The van der Waals surface area contributed by atoms with Crippen molar-refractivity contribution in [1.82, 2.24) is 4.98 Å². The van der Waals surface area contributed by atoms with Crippen LogP contribution in [0.25, 0.3) is 0 Å². The summed E-state index contributed by atoms with van der Waals surface area (Å²) in [5.41, 5.74) is 6.17. The Morgan fingerprint density at radius 1 is 1.54 bits per heavy atom. The standard InChI is InChI=1S/C8H14N2O3/c1-11-2-3-12-5-8-7(4-9)10-6-13-8/h6H,2-5,9H2,1H3. The maximum atomic E-state index is 5.42. The first-order chi connectivity index (χ1) is 6.38. The average molecular weight is 186 g/mol. The van der Waals surface area contributed by atoms with Crippen LogP contribution in [0.1, 0.15) is 11.5 Å². The van der Waals surface area contributed by atoms with Crippen molar-refractivity contribution in [2.45, 2.75) is 13.2 Å². The average Bonchev–Trinajstić information content (AvgIpc) is 2.60. The van der Waals surface area contributed by atoms with Gasteiger partial charge in [0.2, 0.25) is 0 Å². The molecular formula is C8H14N2O3. The highest BCUT2D eigenvalue weighted by Gasteiger charge is 2.05. The molecule has 5 heteroatoms. The predicted molar refractivity (Wildman–Crippen MR) is 45.9 cm³/mol. The lowest BCUT2D eigenvalue weighted by molar-refractivity contribution is 0.0534. The van der Waals surface area contributed by atoms with E-state index in [2.05, 4.69) is 4.98 Å². The van der Waals surface area contributed by atoms with Gasteiger partial charge in [-0.25, -0.2) is 4.98 Å². The summed E-state index contributed by atoms with van der Waals surface area (Å²) in [6.07, 6.45) is 1.37. The molecule has 2 N–H and O–H groups in total. The van der Waals surface area contributed by atoms with Crippen LogP contribution in [-0.4, -0.2) is 25.3 Å². The van der Waals surface area contributed by atoms with Crippen LogP contribution < -0.4 is 5.73 Å². The molecule has 0 aliphatic rings. The summed E-state index contributed by atoms with van der Waals surface area (Å²) >= 11 is 0. The zero-order valence-corrected chi connectivity index (χ0v) is 7.66. The van der Waals surface area contributed by atoms with Gasteiger partial charge in [-0.05, 0) is 0 Å². The lowest BCUT2D eigenvalue weighted by Gasteiger charge is -2.01. The maximum absolute atomic E-state index is 5.42. The van der Waals surface area contributed by atoms with E-state index in [9.17, 15) is 0 Å². The number of aromatic nitrogens is 1. The minimum Gasteiger partial charge on any atom is -0.446 e. The molecule has 0 saturated carbocycles. The smallest absolute Gasteiger partial charge is 0.181 e. The van der Waals surface area contributed by atoms with E-state index in [-0.39, 0.29) is 0 Å². The first kappa shape index (κ1) is 10.2. The van der Waals surface area contributed by atoms with Crippen LogP contribution in [0.15, 0.2) is 10.8 Å². The molecule has 1 aromatic heterocycles. The second-order valence-electron chi connectivity index (χ2n) is 2.47. The van der Waals surface area contributed by atoms with Crippen molar-refractivity contribution in [2.24, 2.45) is 5.73 Å². The Labute approximate surface area is 76.8 Å². The summed E-state index contributed by atoms with van der Waals surface area (Å²) in [4.78, 5) is 3.93. The third kappa shape index (κ3) is 3.14. The molecule has 0 aliphatic carbocycles. The van der Waals surface area contributed by atoms with Gasteiger partial charge in [0.1, 0.15) is 6.61 Å². The minimum atomic E-state index is 0.374. The van der Waals surface area contributed by atoms with Gasteiger partial charge in [-0.3, -0.25) is 0 Å². The van der Waals surface area contributed by atoms with Crippen molar-refractivity contribution in [2.75, 3.05) is 20.3 Å². The van der Waals surface area contributed by atoms with Gasteiger partial charge in [0.15, 0.2) is 12.2 Å². The summed E-state index contributed by atoms with van der Waals surface area (Å²) in [5, 5.41) is 0. The molecule has 1 rings (SSSR count). The molecule has 74 valence electrons. The van der Waals surface area contributed by atoms with E-state index in [0.29, 0.717) is 32.1 Å². The molecule has 0 fully saturated rings. The normalized spacial score (nSPS) is 10.6. The number of ether oxygens (including phenoxy) is 2. The molecule has 13 heavy (non-hydrogen) atoms. The zero-order chi connectivity index (χ0) is 9.52. The molecule has 0 bridgehead atoms. The molecule has 1 aromatic rings. The summed E-state index contributed by atoms with van der Waals surface area (Å²) in [6, 6.07) is 0. The van der Waals surface area contributed by atoms with Gasteiger partial charge < -0.3 is 19.6 Å². The van der Waals surface area contributed by atoms with Gasteiger partial charge in [-0.15, -0.1) is 0 Å². The maximum Gasteiger partial charge on any atom is 0.181 e. The van der Waals surface area contributed by atoms with Crippen LogP contribution in [0.2, 0.25) is 0 Å². The zero-order valence-electron chi connectivity index (χ0n) is 7.66. The van der Waals surface area contributed by atoms with E-state index in [1.54, 1.807) is 7.11 Å². The Bertz CT molecular complexity index is 237. The molecule has 0 radical (unpaired) electrons. The highest BCUT2D eigenvalue weighted by Crippen LogP contribution is 2.06. The molecule has 0 amide bonds. The Morgan fingerprint density at radius 3 is 3.08 bits per heavy atom. The Morgan fingerprint density at radius 2 is 2.38 bits per heavy atom. The molecule has 0 unspecified atom stereocenters. The molecule has 1 heterocycles. The Balaban J connectivity index is 2.27. The van der Waals surface area contributed by atoms with Gasteiger partial charge in [0.25, 0.3) is 0 Å². The molecule has 0 aliphatic heterocycles. The second kappa shape index (κ2) is 5.69. The lowest BCUT2D eigenvalue weighted by Crippen LogP contribution is -2.05. The quantitative estimate of drug-likeness (QED) is 0.647. The molecule has 0 atom stereocenters. The van der Waals surface area contributed by atoms with Crippen LogP contribution in [-0.2, 0) is 22.6 Å². The molecule has 0 aromatic carbocycles. The van der Waals surface area contributed by atoms with Crippen LogP contribution in [0.5, 0.6) is 0 Å². The minimum absolute atomic E-state index is 0.374. The molecule has 0 saturated heterocycles. The second-order valence-corrected chi connectivity index (χ2v) is 2.47. The summed E-state index contributed by atoms with van der Waals surface area (Å²) in [5.74, 6) is 0.693. The van der Waals surface area contributed by atoms with E-state index < -0.39 is 0 Å². The van der Waals surface area contributed by atoms with Crippen molar-refractivity contribution in [3.05, 3.63) is 17.8 Å². The number of oxazole rings is 1. The summed E-state index contributed by atoms with van der Waals surface area (Å²) < 4.78 is 15.1. The van der Waals surface area contributed by atoms with Gasteiger partial charge in [-0.2, -0.15) is 0 Å². The van der Waals surface area contributed by atoms with Gasteiger partial charge >= 0.3 is 0 Å². The SMILES string of the molecule is COCCOCc1ocnc1CN. The van der Waals surface area contributed by atoms with Crippen LogP contribution in [0, 0.1) is 0 Å². The molecule has 0 spiro atoms. The Kier molecular flexibility index (Phi) is 4.45. The first-order valence-corrected chi connectivity index (χ1v) is 4.06. The highest BCUT2D eigenvalue weighted by molar-refractivity contribution is 5.04. The Hall–Kier alpha value is -0.910. The monoisotopic (exact) mass is 186 g/mol. The topological polar surface area (TPSA) is 70.5 Å². The van der Waals surface area contributed by atoms with Crippen LogP contribution >= 0.6 is 0 Å². The molecule has 5 nitrogen and oxygen atoms in total. The van der Waals surface area contributed by atoms with E-state index in [0.717, 1.165) is 5.69 Å². The predicted octanol–water partition coefficient (Wildman–Crippen LogP) is 0.296. The van der Waals surface area contributed by atoms with Crippen molar-refractivity contribution >= 4 is 0 Å². The number of nitrogens with zero attached hydrogens (tertiary/aromatic N) is 1. The van der Waals surface area contributed by atoms with Gasteiger partial charge in [-0.1, -0.05) is 0 Å². The fourth-order valence-electron chi connectivity index (χ4n) is 0.885. The van der Waals surface area contributed by atoms with Crippen LogP contribution in [0.3, 0.4) is 0 Å². The summed E-state index contributed by atoms with van der Waals surface area (Å²) in [7, 11) is 1.63. The van der Waals surface area contributed by atoms with Gasteiger partial charge in [0.05, 0.1) is 18.9 Å². The third-order valence-corrected chi connectivity index (χ3v) is 1.58. The van der Waals surface area contributed by atoms with Crippen molar-refractivity contribution in [1.29, 1.82) is 0 Å². The van der Waals surface area contributed by atoms with Crippen LogP contribution in [0.4, 0.5) is 0 Å². The van der Waals surface area contributed by atoms with E-state index in [1.807, 2.05) is 0 Å². The number of methoxy groups -OCH3 is 1. The summed E-state index contributed by atoms with van der Waals surface area (Å²) in [6.45, 7) is 1.89. The van der Waals surface area contributed by atoms with Gasteiger partial charge in [0, 0.05) is 13.7 Å². The van der Waals surface area contributed by atoms with E-state index in [1.165, 1.54) is 6.39 Å². The highest BCUT2D eigenvalue weighted by atomic mass is 16.5.